The maximum absolute atomic E-state index is 11.9. The summed E-state index contributed by atoms with van der Waals surface area (Å²) >= 11 is 3.49. The van der Waals surface area contributed by atoms with Gasteiger partial charge in [0, 0.05) is 22.5 Å². The van der Waals surface area contributed by atoms with E-state index < -0.39 is 0 Å². The minimum absolute atomic E-state index is 0.0341. The van der Waals surface area contributed by atoms with Crippen molar-refractivity contribution in [3.8, 4) is 0 Å². The predicted molar refractivity (Wildman–Crippen MR) is 79.4 cm³/mol. The summed E-state index contributed by atoms with van der Waals surface area (Å²) in [5.41, 5.74) is 3.24. The molecule has 1 atom stereocenters. The second-order valence-corrected chi connectivity index (χ2v) is 5.74. The zero-order valence-electron chi connectivity index (χ0n) is 10.4. The number of benzene rings is 2. The molecule has 0 fully saturated rings. The smallest absolute Gasteiger partial charge is 0.251 e. The van der Waals surface area contributed by atoms with E-state index in [0.29, 0.717) is 12.5 Å². The van der Waals surface area contributed by atoms with Gasteiger partial charge in [0.2, 0.25) is 0 Å². The second kappa shape index (κ2) is 5.17. The van der Waals surface area contributed by atoms with Gasteiger partial charge in [-0.25, -0.2) is 0 Å². The van der Waals surface area contributed by atoms with E-state index in [4.69, 9.17) is 0 Å². The number of amides is 1. The number of fused-ring (bicyclic) bond motifs is 1. The summed E-state index contributed by atoms with van der Waals surface area (Å²) in [5, 5.41) is 2.97. The van der Waals surface area contributed by atoms with Crippen molar-refractivity contribution in [2.45, 2.75) is 12.3 Å². The molecule has 0 saturated carbocycles. The molecule has 3 rings (SSSR count). The molecule has 1 N–H and O–H groups in total. The molecule has 1 amide bonds. The van der Waals surface area contributed by atoms with Crippen LogP contribution in [0.25, 0.3) is 0 Å². The Balaban J connectivity index is 1.95. The lowest BCUT2D eigenvalue weighted by molar-refractivity contribution is 0.0940. The molecular weight excluding hydrogens is 302 g/mol. The SMILES string of the molecule is O=C1NC[C@@H](Cc2ccccc2)c2cc(Br)ccc21. The standard InChI is InChI=1S/C16H14BrNO/c17-13-6-7-14-15(9-13)12(10-18-16(14)19)8-11-4-2-1-3-5-11/h1-7,9,12H,8,10H2,(H,18,19)/t12-/m1/s1. The van der Waals surface area contributed by atoms with Crippen LogP contribution >= 0.6 is 15.9 Å². The van der Waals surface area contributed by atoms with Gasteiger partial charge >= 0.3 is 0 Å². The van der Waals surface area contributed by atoms with Gasteiger partial charge in [0.15, 0.2) is 0 Å². The van der Waals surface area contributed by atoms with Crippen molar-refractivity contribution in [1.29, 1.82) is 0 Å². The Kier molecular flexibility index (Phi) is 3.38. The van der Waals surface area contributed by atoms with Crippen molar-refractivity contribution in [2.75, 3.05) is 6.54 Å². The van der Waals surface area contributed by atoms with Crippen LogP contribution in [0.2, 0.25) is 0 Å². The Morgan fingerprint density at radius 1 is 1.16 bits per heavy atom. The maximum Gasteiger partial charge on any atom is 0.251 e. The van der Waals surface area contributed by atoms with E-state index >= 15 is 0 Å². The molecule has 0 spiro atoms. The first kappa shape index (κ1) is 12.4. The van der Waals surface area contributed by atoms with E-state index in [1.165, 1.54) is 5.56 Å². The Hall–Kier alpha value is -1.61. The lowest BCUT2D eigenvalue weighted by atomic mass is 9.86. The molecule has 0 radical (unpaired) electrons. The molecule has 3 heteroatoms. The van der Waals surface area contributed by atoms with E-state index in [1.807, 2.05) is 18.2 Å². The summed E-state index contributed by atoms with van der Waals surface area (Å²) < 4.78 is 1.03. The van der Waals surface area contributed by atoms with Crippen molar-refractivity contribution >= 4 is 21.8 Å². The molecule has 1 heterocycles. The van der Waals surface area contributed by atoms with Crippen molar-refractivity contribution in [3.63, 3.8) is 0 Å². The summed E-state index contributed by atoms with van der Waals surface area (Å²) in [7, 11) is 0. The monoisotopic (exact) mass is 315 g/mol. The molecule has 19 heavy (non-hydrogen) atoms. The van der Waals surface area contributed by atoms with Crippen molar-refractivity contribution in [3.05, 3.63) is 69.7 Å². The number of hydrogen-bond donors (Lipinski definition) is 1. The second-order valence-electron chi connectivity index (χ2n) is 4.83. The fourth-order valence-corrected chi connectivity index (χ4v) is 2.96. The largest absolute Gasteiger partial charge is 0.351 e. The molecule has 2 aromatic carbocycles. The number of nitrogens with one attached hydrogen (secondary N) is 1. The maximum atomic E-state index is 11.9. The highest BCUT2D eigenvalue weighted by atomic mass is 79.9. The Morgan fingerprint density at radius 3 is 2.74 bits per heavy atom. The van der Waals surface area contributed by atoms with E-state index in [2.05, 4.69) is 51.6 Å². The number of carbonyl (C=O) groups is 1. The number of rotatable bonds is 2. The first-order valence-corrected chi connectivity index (χ1v) is 7.15. The Bertz CT molecular complexity index is 609. The van der Waals surface area contributed by atoms with Gasteiger partial charge in [0.05, 0.1) is 0 Å². The average Bonchev–Trinajstić information content (AvgIpc) is 2.43. The molecule has 2 aromatic rings. The van der Waals surface area contributed by atoms with Crippen LogP contribution in [-0.2, 0) is 6.42 Å². The molecule has 0 aliphatic carbocycles. The Labute approximate surface area is 121 Å². The minimum Gasteiger partial charge on any atom is -0.351 e. The number of hydrogen-bond acceptors (Lipinski definition) is 1. The van der Waals surface area contributed by atoms with Gasteiger partial charge in [-0.05, 0) is 35.7 Å². The van der Waals surface area contributed by atoms with Crippen molar-refractivity contribution in [1.82, 2.24) is 5.32 Å². The summed E-state index contributed by atoms with van der Waals surface area (Å²) in [4.78, 5) is 11.9. The fraction of sp³-hybridized carbons (Fsp3) is 0.188. The molecule has 2 nitrogen and oxygen atoms in total. The van der Waals surface area contributed by atoms with E-state index in [1.54, 1.807) is 0 Å². The van der Waals surface area contributed by atoms with Crippen LogP contribution in [-0.4, -0.2) is 12.5 Å². The lowest BCUT2D eigenvalue weighted by Gasteiger charge is -2.26. The zero-order chi connectivity index (χ0) is 13.2. The van der Waals surface area contributed by atoms with Crippen LogP contribution in [0.1, 0.15) is 27.4 Å². The molecule has 0 unspecified atom stereocenters. The van der Waals surface area contributed by atoms with E-state index in [9.17, 15) is 4.79 Å². The summed E-state index contributed by atoms with van der Waals surface area (Å²) in [6.07, 6.45) is 0.949. The fourth-order valence-electron chi connectivity index (χ4n) is 2.58. The summed E-state index contributed by atoms with van der Waals surface area (Å²) in [6.45, 7) is 0.706. The molecule has 1 aliphatic rings. The molecule has 0 aromatic heterocycles. The first-order valence-electron chi connectivity index (χ1n) is 6.35. The highest BCUT2D eigenvalue weighted by Gasteiger charge is 2.25. The minimum atomic E-state index is 0.0341. The highest BCUT2D eigenvalue weighted by molar-refractivity contribution is 9.10. The summed E-state index contributed by atoms with van der Waals surface area (Å²) in [6, 6.07) is 16.3. The molecule has 1 aliphatic heterocycles. The van der Waals surface area contributed by atoms with E-state index in [-0.39, 0.29) is 5.91 Å². The number of carbonyl (C=O) groups excluding carboxylic acids is 1. The number of halogens is 1. The van der Waals surface area contributed by atoms with Gasteiger partial charge in [-0.1, -0.05) is 46.3 Å². The van der Waals surface area contributed by atoms with Crippen LogP contribution in [0.3, 0.4) is 0 Å². The molecule has 96 valence electrons. The van der Waals surface area contributed by atoms with Crippen LogP contribution in [0.15, 0.2) is 53.0 Å². The van der Waals surface area contributed by atoms with Gasteiger partial charge in [-0.2, -0.15) is 0 Å². The topological polar surface area (TPSA) is 29.1 Å². The quantitative estimate of drug-likeness (QED) is 0.902. The highest BCUT2D eigenvalue weighted by Crippen LogP contribution is 2.29. The molecular formula is C16H14BrNO. The molecule has 0 saturated heterocycles. The van der Waals surface area contributed by atoms with Crippen molar-refractivity contribution < 1.29 is 4.79 Å². The lowest BCUT2D eigenvalue weighted by Crippen LogP contribution is -2.35. The Morgan fingerprint density at radius 2 is 1.95 bits per heavy atom. The zero-order valence-corrected chi connectivity index (χ0v) is 12.0. The van der Waals surface area contributed by atoms with Crippen LogP contribution in [0.5, 0.6) is 0 Å². The van der Waals surface area contributed by atoms with Gasteiger partial charge in [0.25, 0.3) is 5.91 Å². The normalized spacial score (nSPS) is 17.7. The van der Waals surface area contributed by atoms with Gasteiger partial charge in [0.1, 0.15) is 0 Å². The van der Waals surface area contributed by atoms with Crippen LogP contribution < -0.4 is 5.32 Å². The van der Waals surface area contributed by atoms with E-state index in [0.717, 1.165) is 22.0 Å². The third kappa shape index (κ3) is 2.56. The molecule has 0 bridgehead atoms. The van der Waals surface area contributed by atoms with Gasteiger partial charge < -0.3 is 5.32 Å². The van der Waals surface area contributed by atoms with Crippen LogP contribution in [0.4, 0.5) is 0 Å². The average molecular weight is 316 g/mol. The predicted octanol–water partition coefficient (Wildman–Crippen LogP) is 3.52. The van der Waals surface area contributed by atoms with Gasteiger partial charge in [-0.15, -0.1) is 0 Å². The first-order chi connectivity index (χ1) is 9.24. The van der Waals surface area contributed by atoms with Crippen LogP contribution in [0, 0.1) is 0 Å². The third-order valence-corrected chi connectivity index (χ3v) is 4.03. The third-order valence-electron chi connectivity index (χ3n) is 3.53. The van der Waals surface area contributed by atoms with Crippen molar-refractivity contribution in [2.24, 2.45) is 0 Å². The summed E-state index contributed by atoms with van der Waals surface area (Å²) in [5.74, 6) is 0.374. The van der Waals surface area contributed by atoms with Gasteiger partial charge in [-0.3, -0.25) is 4.79 Å².